The fourth-order valence-corrected chi connectivity index (χ4v) is 8.20. The van der Waals surface area contributed by atoms with Crippen molar-refractivity contribution in [2.24, 2.45) is 0 Å². The molecule has 11 rings (SSSR count). The van der Waals surface area contributed by atoms with Crippen LogP contribution in [-0.4, -0.2) is 18.9 Å². The topological polar surface area (TPSA) is 35.1 Å². The van der Waals surface area contributed by atoms with Crippen LogP contribution < -0.4 is 0 Å². The predicted molar refractivity (Wildman–Crippen MR) is 199 cm³/mol. The Hall–Kier alpha value is -6.52. The molecule has 0 saturated heterocycles. The lowest BCUT2D eigenvalue weighted by Gasteiger charge is -2.14. The van der Waals surface area contributed by atoms with Crippen molar-refractivity contribution < 1.29 is 0 Å². The van der Waals surface area contributed by atoms with Crippen molar-refractivity contribution in [2.45, 2.75) is 0 Å². The lowest BCUT2D eigenvalue weighted by molar-refractivity contribution is 1.17. The van der Waals surface area contributed by atoms with Gasteiger partial charge in [0.15, 0.2) is 0 Å². The number of benzene rings is 6. The van der Waals surface area contributed by atoms with Crippen molar-refractivity contribution in [2.75, 3.05) is 0 Å². The van der Waals surface area contributed by atoms with Crippen molar-refractivity contribution in [3.05, 3.63) is 158 Å². The minimum Gasteiger partial charge on any atom is -0.309 e. The summed E-state index contributed by atoms with van der Waals surface area (Å²) in [6, 6.07) is 48.9. The molecule has 0 aliphatic heterocycles. The normalized spacial score (nSPS) is 12.2. The summed E-state index contributed by atoms with van der Waals surface area (Å²) in [6.45, 7) is 0. The molecule has 0 spiro atoms. The molecule has 0 bridgehead atoms. The molecule has 0 radical (unpaired) electrons. The summed E-state index contributed by atoms with van der Waals surface area (Å²) in [5.41, 5.74) is 12.0. The SMILES string of the molecule is c1cc(-c2ccc(-c3ccc4c5cccc6c7ccccc7n(c4c3)c65)c3ccccc23)cc(-n2c3ccncc3c3cnccc32)c1. The zero-order valence-electron chi connectivity index (χ0n) is 25.8. The van der Waals surface area contributed by atoms with Crippen LogP contribution >= 0.6 is 0 Å². The molecule has 0 N–H and O–H groups in total. The van der Waals surface area contributed by atoms with Crippen molar-refractivity contribution in [3.8, 4) is 27.9 Å². The fraction of sp³-hybridized carbons (Fsp3) is 0. The van der Waals surface area contributed by atoms with Crippen LogP contribution in [0.3, 0.4) is 0 Å². The number of aromatic nitrogens is 4. The van der Waals surface area contributed by atoms with Crippen LogP contribution in [-0.2, 0) is 0 Å². The van der Waals surface area contributed by atoms with Gasteiger partial charge in [-0.15, -0.1) is 0 Å². The molecule has 4 heteroatoms. The molecule has 222 valence electrons. The molecule has 0 amide bonds. The van der Waals surface area contributed by atoms with Gasteiger partial charge >= 0.3 is 0 Å². The van der Waals surface area contributed by atoms with E-state index in [4.69, 9.17) is 0 Å². The van der Waals surface area contributed by atoms with Crippen LogP contribution in [0.1, 0.15) is 0 Å². The largest absolute Gasteiger partial charge is 0.309 e. The third kappa shape index (κ3) is 3.38. The van der Waals surface area contributed by atoms with Gasteiger partial charge in [0.25, 0.3) is 0 Å². The van der Waals surface area contributed by atoms with Crippen LogP contribution in [0.2, 0.25) is 0 Å². The van der Waals surface area contributed by atoms with Gasteiger partial charge in [-0.05, 0) is 69.4 Å². The van der Waals surface area contributed by atoms with Crippen LogP contribution in [0.4, 0.5) is 0 Å². The van der Waals surface area contributed by atoms with Gasteiger partial charge in [0.1, 0.15) is 0 Å². The van der Waals surface area contributed by atoms with Crippen molar-refractivity contribution >= 4 is 70.7 Å². The van der Waals surface area contributed by atoms with E-state index in [0.717, 1.165) is 27.5 Å². The smallest absolute Gasteiger partial charge is 0.0620 e. The minimum atomic E-state index is 1.10. The van der Waals surface area contributed by atoms with Crippen LogP contribution in [0, 0.1) is 0 Å². The molecule has 48 heavy (non-hydrogen) atoms. The summed E-state index contributed by atoms with van der Waals surface area (Å²) in [5, 5.41) is 9.90. The first kappa shape index (κ1) is 25.6. The lowest BCUT2D eigenvalue weighted by Crippen LogP contribution is -1.95. The van der Waals surface area contributed by atoms with Gasteiger partial charge in [-0.25, -0.2) is 0 Å². The molecular weight excluding hydrogens is 585 g/mol. The summed E-state index contributed by atoms with van der Waals surface area (Å²) in [6.07, 6.45) is 7.59. The van der Waals surface area contributed by atoms with Crippen molar-refractivity contribution in [3.63, 3.8) is 0 Å². The highest BCUT2D eigenvalue weighted by Crippen LogP contribution is 2.42. The number of para-hydroxylation sites is 2. The highest BCUT2D eigenvalue weighted by molar-refractivity contribution is 6.23. The molecule has 5 aromatic heterocycles. The van der Waals surface area contributed by atoms with E-state index in [9.17, 15) is 0 Å². The van der Waals surface area contributed by atoms with Crippen LogP contribution in [0.5, 0.6) is 0 Å². The van der Waals surface area contributed by atoms with E-state index in [1.807, 2.05) is 24.8 Å². The summed E-state index contributed by atoms with van der Waals surface area (Å²) < 4.78 is 4.78. The number of pyridine rings is 2. The average Bonchev–Trinajstić information content (AvgIpc) is 3.79. The van der Waals surface area contributed by atoms with Gasteiger partial charge in [0, 0.05) is 62.8 Å². The first-order valence-corrected chi connectivity index (χ1v) is 16.3. The summed E-state index contributed by atoms with van der Waals surface area (Å²) >= 11 is 0. The molecule has 0 aliphatic carbocycles. The quantitative estimate of drug-likeness (QED) is 0.199. The van der Waals surface area contributed by atoms with Gasteiger partial charge in [0.2, 0.25) is 0 Å². The number of hydrogen-bond donors (Lipinski definition) is 0. The highest BCUT2D eigenvalue weighted by Gasteiger charge is 2.19. The minimum absolute atomic E-state index is 1.10. The molecule has 0 atom stereocenters. The second-order valence-electron chi connectivity index (χ2n) is 12.7. The zero-order chi connectivity index (χ0) is 31.3. The van der Waals surface area contributed by atoms with Gasteiger partial charge in [-0.1, -0.05) is 97.1 Å². The van der Waals surface area contributed by atoms with Crippen molar-refractivity contribution in [1.29, 1.82) is 0 Å². The van der Waals surface area contributed by atoms with E-state index in [-0.39, 0.29) is 0 Å². The zero-order valence-corrected chi connectivity index (χ0v) is 25.8. The number of fused-ring (bicyclic) bond motifs is 10. The number of hydrogen-bond acceptors (Lipinski definition) is 2. The monoisotopic (exact) mass is 610 g/mol. The second-order valence-corrected chi connectivity index (χ2v) is 12.7. The van der Waals surface area contributed by atoms with Gasteiger partial charge in [-0.3, -0.25) is 9.97 Å². The standard InChI is InChI=1S/C44H26N4/c1-2-10-33-31(28-15-16-35-37-13-6-12-36-34-11-3-4-14-40(34)48(44(36)37)43(35)24-28)18-17-30(32(33)9-1)27-7-5-8-29(23-27)47-41-19-21-45-25-38(41)39-26-46-22-20-42(39)47/h1-26H. The Morgan fingerprint density at radius 2 is 0.958 bits per heavy atom. The molecule has 0 unspecified atom stereocenters. The highest BCUT2D eigenvalue weighted by atomic mass is 15.0. The third-order valence-corrected chi connectivity index (χ3v) is 10.2. The molecule has 0 saturated carbocycles. The van der Waals surface area contributed by atoms with Gasteiger partial charge in [-0.2, -0.15) is 0 Å². The second kappa shape index (κ2) is 9.50. The number of rotatable bonds is 3. The van der Waals surface area contributed by atoms with E-state index in [1.165, 1.54) is 71.1 Å². The first-order chi connectivity index (χ1) is 23.8. The van der Waals surface area contributed by atoms with Crippen LogP contribution in [0.15, 0.2) is 158 Å². The maximum atomic E-state index is 4.41. The molecule has 11 aromatic rings. The van der Waals surface area contributed by atoms with E-state index in [1.54, 1.807) is 0 Å². The van der Waals surface area contributed by atoms with E-state index in [0.29, 0.717) is 0 Å². The van der Waals surface area contributed by atoms with Crippen molar-refractivity contribution in [1.82, 2.24) is 18.9 Å². The maximum absolute atomic E-state index is 4.41. The van der Waals surface area contributed by atoms with E-state index in [2.05, 4.69) is 152 Å². The average molecular weight is 611 g/mol. The third-order valence-electron chi connectivity index (χ3n) is 10.2. The fourth-order valence-electron chi connectivity index (χ4n) is 8.20. The molecule has 0 aliphatic rings. The molecule has 6 aromatic carbocycles. The Bertz CT molecular complexity index is 3020. The van der Waals surface area contributed by atoms with Crippen LogP contribution in [0.25, 0.3) is 98.6 Å². The Kier molecular flexibility index (Phi) is 5.08. The molecule has 4 nitrogen and oxygen atoms in total. The molecular formula is C44H26N4. The lowest BCUT2D eigenvalue weighted by atomic mass is 9.91. The first-order valence-electron chi connectivity index (χ1n) is 16.3. The predicted octanol–water partition coefficient (Wildman–Crippen LogP) is 11.2. The van der Waals surface area contributed by atoms with E-state index >= 15 is 0 Å². The Balaban J connectivity index is 1.11. The Morgan fingerprint density at radius 3 is 1.67 bits per heavy atom. The maximum Gasteiger partial charge on any atom is 0.0620 e. The van der Waals surface area contributed by atoms with Gasteiger partial charge < -0.3 is 8.97 Å². The Labute approximate surface area is 275 Å². The van der Waals surface area contributed by atoms with Gasteiger partial charge in [0.05, 0.1) is 27.6 Å². The Morgan fingerprint density at radius 1 is 0.375 bits per heavy atom. The summed E-state index contributed by atoms with van der Waals surface area (Å²) in [7, 11) is 0. The molecule has 0 fully saturated rings. The number of nitrogens with zero attached hydrogens (tertiary/aromatic N) is 4. The summed E-state index contributed by atoms with van der Waals surface area (Å²) in [4.78, 5) is 8.82. The summed E-state index contributed by atoms with van der Waals surface area (Å²) in [5.74, 6) is 0. The van der Waals surface area contributed by atoms with E-state index < -0.39 is 0 Å². The molecule has 5 heterocycles.